The van der Waals surface area contributed by atoms with E-state index in [1.165, 1.54) is 6.92 Å². The Bertz CT molecular complexity index is 688. The molecule has 0 saturated heterocycles. The van der Waals surface area contributed by atoms with Gasteiger partial charge in [-0.15, -0.1) is 0 Å². The van der Waals surface area contributed by atoms with E-state index in [9.17, 15) is 13.6 Å². The van der Waals surface area contributed by atoms with Gasteiger partial charge in [0.2, 0.25) is 0 Å². The summed E-state index contributed by atoms with van der Waals surface area (Å²) in [6.07, 6.45) is 0. The molecule has 1 amide bonds. The molecule has 5 nitrogen and oxygen atoms in total. The summed E-state index contributed by atoms with van der Waals surface area (Å²) < 4.78 is 31.3. The molecule has 0 aliphatic heterocycles. The molecule has 2 aromatic rings. The van der Waals surface area contributed by atoms with Crippen LogP contribution in [0, 0.1) is 6.92 Å². The number of carbonyl (C=O) groups is 1. The van der Waals surface area contributed by atoms with Gasteiger partial charge in [-0.2, -0.15) is 0 Å². The van der Waals surface area contributed by atoms with Crippen LogP contribution >= 0.6 is 11.6 Å². The van der Waals surface area contributed by atoms with Crippen molar-refractivity contribution in [2.75, 3.05) is 13.1 Å². The lowest BCUT2D eigenvalue weighted by Crippen LogP contribution is -2.41. The SMILES string of the molecule is Cc1onc(-c2ccccc2Cl)c1C(=O)NCC(F)(F)CN. The predicted octanol–water partition coefficient (Wildman–Crippen LogP) is 2.63. The highest BCUT2D eigenvalue weighted by atomic mass is 35.5. The third-order valence-electron chi connectivity index (χ3n) is 3.02. The standard InChI is InChI=1S/C14H14ClF2N3O2/c1-8-11(13(21)19-7-14(16,17)6-18)12(20-22-8)9-4-2-3-5-10(9)15/h2-5H,6-7,18H2,1H3,(H,19,21). The molecule has 118 valence electrons. The number of nitrogens with two attached hydrogens (primary N) is 1. The number of carbonyl (C=O) groups excluding carboxylic acids is 1. The van der Waals surface area contributed by atoms with Crippen LogP contribution in [0.15, 0.2) is 28.8 Å². The number of hydrogen-bond donors (Lipinski definition) is 2. The van der Waals surface area contributed by atoms with Gasteiger partial charge in [-0.1, -0.05) is 35.0 Å². The van der Waals surface area contributed by atoms with Crippen molar-refractivity contribution in [3.05, 3.63) is 40.6 Å². The van der Waals surface area contributed by atoms with Crippen LogP contribution in [0.5, 0.6) is 0 Å². The minimum atomic E-state index is -3.18. The molecule has 8 heteroatoms. The summed E-state index contributed by atoms with van der Waals surface area (Å²) in [6, 6.07) is 6.73. The van der Waals surface area contributed by atoms with E-state index in [0.717, 1.165) is 0 Å². The molecule has 0 aliphatic carbocycles. The first-order valence-electron chi connectivity index (χ1n) is 6.43. The van der Waals surface area contributed by atoms with E-state index < -0.39 is 24.9 Å². The second-order valence-electron chi connectivity index (χ2n) is 4.68. The number of hydrogen-bond acceptors (Lipinski definition) is 4. The third-order valence-corrected chi connectivity index (χ3v) is 3.35. The van der Waals surface area contributed by atoms with Crippen molar-refractivity contribution in [2.45, 2.75) is 12.8 Å². The van der Waals surface area contributed by atoms with Crippen molar-refractivity contribution in [3.63, 3.8) is 0 Å². The number of amides is 1. The van der Waals surface area contributed by atoms with Gasteiger partial charge in [0, 0.05) is 5.56 Å². The van der Waals surface area contributed by atoms with E-state index in [-0.39, 0.29) is 17.0 Å². The maximum absolute atomic E-state index is 13.1. The van der Waals surface area contributed by atoms with Crippen molar-refractivity contribution >= 4 is 17.5 Å². The van der Waals surface area contributed by atoms with Gasteiger partial charge in [0.25, 0.3) is 11.8 Å². The Labute approximate surface area is 130 Å². The fourth-order valence-corrected chi connectivity index (χ4v) is 2.07. The van der Waals surface area contributed by atoms with E-state index in [1.807, 2.05) is 0 Å². The van der Waals surface area contributed by atoms with Gasteiger partial charge in [-0.25, -0.2) is 8.78 Å². The van der Waals surface area contributed by atoms with Crippen LogP contribution < -0.4 is 11.1 Å². The molecule has 0 radical (unpaired) electrons. The Balaban J connectivity index is 2.31. The summed E-state index contributed by atoms with van der Waals surface area (Å²) in [6.45, 7) is -0.203. The quantitative estimate of drug-likeness (QED) is 0.883. The minimum absolute atomic E-state index is 0.0703. The van der Waals surface area contributed by atoms with Crippen molar-refractivity contribution < 1.29 is 18.1 Å². The molecule has 1 aromatic heterocycles. The van der Waals surface area contributed by atoms with Gasteiger partial charge >= 0.3 is 0 Å². The van der Waals surface area contributed by atoms with Crippen LogP contribution in [0.25, 0.3) is 11.3 Å². The number of nitrogens with one attached hydrogen (secondary N) is 1. The van der Waals surface area contributed by atoms with Gasteiger partial charge in [0.05, 0.1) is 18.1 Å². The van der Waals surface area contributed by atoms with Gasteiger partial charge in [-0.05, 0) is 13.0 Å². The zero-order chi connectivity index (χ0) is 16.3. The number of aromatic nitrogens is 1. The topological polar surface area (TPSA) is 81.2 Å². The lowest BCUT2D eigenvalue weighted by atomic mass is 10.1. The molecule has 1 aromatic carbocycles. The summed E-state index contributed by atoms with van der Waals surface area (Å²) in [4.78, 5) is 12.2. The second kappa shape index (κ2) is 6.41. The summed E-state index contributed by atoms with van der Waals surface area (Å²) in [7, 11) is 0. The minimum Gasteiger partial charge on any atom is -0.360 e. The highest BCUT2D eigenvalue weighted by molar-refractivity contribution is 6.33. The predicted molar refractivity (Wildman–Crippen MR) is 78.0 cm³/mol. The van der Waals surface area contributed by atoms with E-state index >= 15 is 0 Å². The van der Waals surface area contributed by atoms with Crippen LogP contribution in [0.4, 0.5) is 8.78 Å². The average molecular weight is 330 g/mol. The molecule has 0 atom stereocenters. The van der Waals surface area contributed by atoms with Gasteiger partial charge in [0.1, 0.15) is 17.0 Å². The first-order valence-corrected chi connectivity index (χ1v) is 6.81. The van der Waals surface area contributed by atoms with Gasteiger partial charge < -0.3 is 15.6 Å². The molecular formula is C14H14ClF2N3O2. The Morgan fingerprint density at radius 3 is 2.77 bits per heavy atom. The summed E-state index contributed by atoms with van der Waals surface area (Å²) in [5.74, 6) is -3.68. The molecule has 2 rings (SSSR count). The molecular weight excluding hydrogens is 316 g/mol. The Morgan fingerprint density at radius 2 is 2.14 bits per heavy atom. The number of halogens is 3. The number of aryl methyl sites for hydroxylation is 1. The second-order valence-corrected chi connectivity index (χ2v) is 5.09. The first kappa shape index (κ1) is 16.4. The molecule has 0 saturated carbocycles. The van der Waals surface area contributed by atoms with E-state index in [1.54, 1.807) is 24.3 Å². The molecule has 1 heterocycles. The Kier molecular flexibility index (Phi) is 4.77. The molecule has 3 N–H and O–H groups in total. The van der Waals surface area contributed by atoms with Crippen LogP contribution in [0.3, 0.4) is 0 Å². The van der Waals surface area contributed by atoms with Crippen molar-refractivity contribution in [1.82, 2.24) is 10.5 Å². The molecule has 0 aliphatic rings. The number of rotatable bonds is 5. The maximum Gasteiger partial charge on any atom is 0.277 e. The van der Waals surface area contributed by atoms with Crippen LogP contribution in [0.2, 0.25) is 5.02 Å². The highest BCUT2D eigenvalue weighted by Crippen LogP contribution is 2.30. The molecule has 0 spiro atoms. The lowest BCUT2D eigenvalue weighted by molar-refractivity contribution is 0.0118. The van der Waals surface area contributed by atoms with Crippen molar-refractivity contribution in [2.24, 2.45) is 5.73 Å². The van der Waals surface area contributed by atoms with Gasteiger partial charge in [0.15, 0.2) is 0 Å². The van der Waals surface area contributed by atoms with Crippen molar-refractivity contribution in [1.29, 1.82) is 0 Å². The van der Waals surface area contributed by atoms with E-state index in [2.05, 4.69) is 10.5 Å². The van der Waals surface area contributed by atoms with Crippen LogP contribution in [-0.2, 0) is 0 Å². The maximum atomic E-state index is 13.1. The molecule has 0 unspecified atom stereocenters. The molecule has 0 fully saturated rings. The first-order chi connectivity index (χ1) is 10.4. The summed E-state index contributed by atoms with van der Waals surface area (Å²) >= 11 is 6.07. The van der Waals surface area contributed by atoms with Crippen molar-refractivity contribution in [3.8, 4) is 11.3 Å². The smallest absolute Gasteiger partial charge is 0.277 e. The van der Waals surface area contributed by atoms with Gasteiger partial charge in [-0.3, -0.25) is 4.79 Å². The Hall–Kier alpha value is -1.99. The molecule has 0 bridgehead atoms. The number of benzene rings is 1. The Morgan fingerprint density at radius 1 is 1.45 bits per heavy atom. The van der Waals surface area contributed by atoms with Crippen LogP contribution in [-0.4, -0.2) is 30.1 Å². The third kappa shape index (κ3) is 3.42. The largest absolute Gasteiger partial charge is 0.360 e. The van der Waals surface area contributed by atoms with Crippen LogP contribution in [0.1, 0.15) is 16.1 Å². The zero-order valence-electron chi connectivity index (χ0n) is 11.7. The average Bonchev–Trinajstić information content (AvgIpc) is 2.87. The fourth-order valence-electron chi connectivity index (χ4n) is 1.85. The zero-order valence-corrected chi connectivity index (χ0v) is 12.5. The molecule has 22 heavy (non-hydrogen) atoms. The van der Waals surface area contributed by atoms with E-state index in [0.29, 0.717) is 10.6 Å². The number of alkyl halides is 2. The number of nitrogens with zero attached hydrogens (tertiary/aromatic N) is 1. The normalized spacial score (nSPS) is 11.5. The monoisotopic (exact) mass is 329 g/mol. The lowest BCUT2D eigenvalue weighted by Gasteiger charge is -2.14. The summed E-state index contributed by atoms with van der Waals surface area (Å²) in [5.41, 5.74) is 5.69. The highest BCUT2D eigenvalue weighted by Gasteiger charge is 2.29. The fraction of sp³-hybridized carbons (Fsp3) is 0.286. The van der Waals surface area contributed by atoms with E-state index in [4.69, 9.17) is 21.9 Å². The summed E-state index contributed by atoms with van der Waals surface area (Å²) in [5, 5.41) is 6.31.